The van der Waals surface area contributed by atoms with E-state index < -0.39 is 0 Å². The number of hydrogen-bond donors (Lipinski definition) is 0. The van der Waals surface area contributed by atoms with Gasteiger partial charge in [0.15, 0.2) is 0 Å². The average Bonchev–Trinajstić information content (AvgIpc) is 3.14. The highest BCUT2D eigenvalue weighted by molar-refractivity contribution is 5.73. The van der Waals surface area contributed by atoms with Gasteiger partial charge in [-0.05, 0) is 118 Å². The first-order chi connectivity index (χ1) is 23.7. The first-order valence-corrected chi connectivity index (χ1v) is 17.6. The molecule has 0 unspecified atom stereocenters. The molecule has 0 saturated carbocycles. The van der Waals surface area contributed by atoms with E-state index in [0.29, 0.717) is 0 Å². The Morgan fingerprint density at radius 3 is 1.10 bits per heavy atom. The molecular formula is C48H44. The third-order valence-electron chi connectivity index (χ3n) is 9.75. The summed E-state index contributed by atoms with van der Waals surface area (Å²) < 4.78 is 0. The van der Waals surface area contributed by atoms with E-state index in [9.17, 15) is 0 Å². The predicted molar refractivity (Wildman–Crippen MR) is 206 cm³/mol. The molecule has 0 heteroatoms. The monoisotopic (exact) mass is 620 g/mol. The SMILES string of the molecule is C(=C\c1cc2ccc1CCc1ccc(c(/C=C/c3ccc(CCc4ccccc4)cc3)c1)CC2)/c1ccc(CCc2ccccc2)cc1. The molecule has 6 aromatic rings. The smallest absolute Gasteiger partial charge is 0.0221 e. The Balaban J connectivity index is 0.999. The first-order valence-electron chi connectivity index (χ1n) is 17.6. The highest BCUT2D eigenvalue weighted by atomic mass is 14.1. The zero-order valence-electron chi connectivity index (χ0n) is 27.8. The van der Waals surface area contributed by atoms with Gasteiger partial charge in [0.25, 0.3) is 0 Å². The largest absolute Gasteiger partial charge is 0.0622 e. The molecule has 0 fully saturated rings. The predicted octanol–water partition coefficient (Wildman–Crippen LogP) is 11.5. The summed E-state index contributed by atoms with van der Waals surface area (Å²) in [4.78, 5) is 0. The molecule has 0 saturated heterocycles. The van der Waals surface area contributed by atoms with E-state index >= 15 is 0 Å². The van der Waals surface area contributed by atoms with Gasteiger partial charge in [-0.1, -0.05) is 170 Å². The quantitative estimate of drug-likeness (QED) is 0.134. The van der Waals surface area contributed by atoms with Crippen molar-refractivity contribution >= 4 is 24.3 Å². The Morgan fingerprint density at radius 1 is 0.333 bits per heavy atom. The first kappa shape index (κ1) is 31.4. The van der Waals surface area contributed by atoms with Gasteiger partial charge < -0.3 is 0 Å². The highest BCUT2D eigenvalue weighted by Gasteiger charge is 2.09. The average molecular weight is 621 g/mol. The Bertz CT molecular complexity index is 1830. The van der Waals surface area contributed by atoms with E-state index in [1.807, 2.05) is 0 Å². The minimum absolute atomic E-state index is 1.03. The van der Waals surface area contributed by atoms with Crippen LogP contribution in [-0.2, 0) is 51.4 Å². The van der Waals surface area contributed by atoms with E-state index in [-0.39, 0.29) is 0 Å². The fourth-order valence-electron chi connectivity index (χ4n) is 6.75. The third kappa shape index (κ3) is 8.58. The van der Waals surface area contributed by atoms with Crippen LogP contribution in [0.25, 0.3) is 24.3 Å². The molecule has 0 radical (unpaired) electrons. The Kier molecular flexibility index (Phi) is 10.2. The van der Waals surface area contributed by atoms with Crippen molar-refractivity contribution in [2.24, 2.45) is 0 Å². The highest BCUT2D eigenvalue weighted by Crippen LogP contribution is 2.25. The normalized spacial score (nSPS) is 12.8. The molecular weight excluding hydrogens is 577 g/mol. The number of aryl methyl sites for hydroxylation is 8. The molecule has 0 amide bonds. The molecule has 0 aromatic heterocycles. The van der Waals surface area contributed by atoms with Gasteiger partial charge in [0, 0.05) is 0 Å². The Labute approximate surface area is 287 Å². The second-order valence-corrected chi connectivity index (χ2v) is 13.2. The molecule has 0 spiro atoms. The summed E-state index contributed by atoms with van der Waals surface area (Å²) in [5.74, 6) is 0. The van der Waals surface area contributed by atoms with Crippen LogP contribution in [0.3, 0.4) is 0 Å². The van der Waals surface area contributed by atoms with E-state index in [0.717, 1.165) is 51.4 Å². The Hall–Kier alpha value is -5.20. The van der Waals surface area contributed by atoms with E-state index in [1.165, 1.54) is 66.8 Å². The molecule has 4 aliphatic carbocycles. The van der Waals surface area contributed by atoms with Crippen LogP contribution in [-0.4, -0.2) is 0 Å². The summed E-state index contributed by atoms with van der Waals surface area (Å²) in [5.41, 5.74) is 16.4. The lowest BCUT2D eigenvalue weighted by molar-refractivity contribution is 0.917. The molecule has 0 N–H and O–H groups in total. The van der Waals surface area contributed by atoms with Gasteiger partial charge in [-0.3, -0.25) is 0 Å². The van der Waals surface area contributed by atoms with Crippen molar-refractivity contribution in [2.45, 2.75) is 51.4 Å². The zero-order chi connectivity index (χ0) is 32.4. The molecule has 0 atom stereocenters. The van der Waals surface area contributed by atoms with E-state index in [1.54, 1.807) is 0 Å². The second kappa shape index (κ2) is 15.6. The summed E-state index contributed by atoms with van der Waals surface area (Å²) in [5, 5.41) is 0. The lowest BCUT2D eigenvalue weighted by Gasteiger charge is -2.15. The van der Waals surface area contributed by atoms with E-state index in [4.69, 9.17) is 0 Å². The van der Waals surface area contributed by atoms with Crippen LogP contribution >= 0.6 is 0 Å². The van der Waals surface area contributed by atoms with Crippen LogP contribution in [0.2, 0.25) is 0 Å². The van der Waals surface area contributed by atoms with Crippen LogP contribution in [0.4, 0.5) is 0 Å². The summed E-state index contributed by atoms with van der Waals surface area (Å²) >= 11 is 0. The third-order valence-corrected chi connectivity index (χ3v) is 9.75. The summed E-state index contributed by atoms with van der Waals surface area (Å²) in [6.07, 6.45) is 17.6. The Morgan fingerprint density at radius 2 is 0.708 bits per heavy atom. The van der Waals surface area contributed by atoms with E-state index in [2.05, 4.69) is 170 Å². The summed E-state index contributed by atoms with van der Waals surface area (Å²) in [7, 11) is 0. The lowest BCUT2D eigenvalue weighted by atomic mass is 9.90. The lowest BCUT2D eigenvalue weighted by Crippen LogP contribution is -2.02. The minimum atomic E-state index is 1.03. The molecule has 4 aliphatic rings. The van der Waals surface area contributed by atoms with Crippen LogP contribution in [0, 0.1) is 0 Å². The van der Waals surface area contributed by atoms with Gasteiger partial charge >= 0.3 is 0 Å². The van der Waals surface area contributed by atoms with Crippen molar-refractivity contribution in [3.8, 4) is 0 Å². The molecule has 48 heavy (non-hydrogen) atoms. The van der Waals surface area contributed by atoms with Crippen LogP contribution in [0.5, 0.6) is 0 Å². The number of benzene rings is 6. The van der Waals surface area contributed by atoms with Gasteiger partial charge in [-0.15, -0.1) is 0 Å². The summed E-state index contributed by atoms with van der Waals surface area (Å²) in [6.45, 7) is 0. The zero-order valence-corrected chi connectivity index (χ0v) is 27.8. The van der Waals surface area contributed by atoms with Crippen molar-refractivity contribution in [3.63, 3.8) is 0 Å². The van der Waals surface area contributed by atoms with Crippen LogP contribution < -0.4 is 0 Å². The van der Waals surface area contributed by atoms with Crippen LogP contribution in [0.15, 0.2) is 146 Å². The molecule has 10 rings (SSSR count). The molecule has 0 aliphatic heterocycles. The molecule has 0 heterocycles. The van der Waals surface area contributed by atoms with Crippen molar-refractivity contribution in [2.75, 3.05) is 0 Å². The van der Waals surface area contributed by atoms with Crippen molar-refractivity contribution in [3.05, 3.63) is 212 Å². The van der Waals surface area contributed by atoms with Crippen molar-refractivity contribution < 1.29 is 0 Å². The minimum Gasteiger partial charge on any atom is -0.0622 e. The van der Waals surface area contributed by atoms with Gasteiger partial charge in [-0.2, -0.15) is 0 Å². The van der Waals surface area contributed by atoms with Gasteiger partial charge in [0.05, 0.1) is 0 Å². The van der Waals surface area contributed by atoms with Crippen molar-refractivity contribution in [1.82, 2.24) is 0 Å². The number of rotatable bonds is 10. The van der Waals surface area contributed by atoms with Gasteiger partial charge in [0.1, 0.15) is 0 Å². The van der Waals surface area contributed by atoms with Gasteiger partial charge in [0.2, 0.25) is 0 Å². The maximum atomic E-state index is 2.42. The maximum absolute atomic E-state index is 2.42. The molecule has 236 valence electrons. The number of hydrogen-bond acceptors (Lipinski definition) is 0. The maximum Gasteiger partial charge on any atom is -0.0221 e. The standard InChI is InChI=1S/C48H44/c1-3-7-37(8-4-1)11-13-39-15-19-41(20-16-39)23-33-47-35-43-25-29-45(47)31-27-44-26-30-46(32-28-43)48(36-44)34-24-42-21-17-40(18-22-42)14-12-38-9-5-2-6-10-38/h1-10,15-26,29-30,33-36H,11-14,27-28,31-32H2/b33-23+,34-24+. The fourth-order valence-corrected chi connectivity index (χ4v) is 6.75. The topological polar surface area (TPSA) is 0 Å². The van der Waals surface area contributed by atoms with Gasteiger partial charge in [-0.25, -0.2) is 0 Å². The molecule has 0 nitrogen and oxygen atoms in total. The van der Waals surface area contributed by atoms with Crippen molar-refractivity contribution in [1.29, 1.82) is 0 Å². The second-order valence-electron chi connectivity index (χ2n) is 13.2. The molecule has 4 bridgehead atoms. The molecule has 6 aromatic carbocycles. The van der Waals surface area contributed by atoms with Crippen LogP contribution in [0.1, 0.15) is 66.8 Å². The summed E-state index contributed by atoms with van der Waals surface area (Å²) in [6, 6.07) is 53.9. The fraction of sp³-hybridized carbons (Fsp3) is 0.167.